The number of thiophene rings is 1. The zero-order valence-electron chi connectivity index (χ0n) is 10.4. The number of rotatable bonds is 5. The lowest BCUT2D eigenvalue weighted by Gasteiger charge is -2.18. The second kappa shape index (κ2) is 6.70. The highest BCUT2D eigenvalue weighted by Gasteiger charge is 2.17. The van der Waals surface area contributed by atoms with Crippen molar-refractivity contribution < 1.29 is 9.53 Å². The van der Waals surface area contributed by atoms with Crippen molar-refractivity contribution in [3.8, 4) is 0 Å². The van der Waals surface area contributed by atoms with Gasteiger partial charge in [0.15, 0.2) is 0 Å². The first-order chi connectivity index (χ1) is 9.20. The van der Waals surface area contributed by atoms with Gasteiger partial charge in [-0.05, 0) is 40.1 Å². The van der Waals surface area contributed by atoms with Crippen LogP contribution >= 0.6 is 22.9 Å². The van der Waals surface area contributed by atoms with Gasteiger partial charge in [0.2, 0.25) is 5.91 Å². The van der Waals surface area contributed by atoms with Gasteiger partial charge < -0.3 is 10.1 Å². The van der Waals surface area contributed by atoms with Crippen LogP contribution in [0.2, 0.25) is 5.02 Å². The summed E-state index contributed by atoms with van der Waals surface area (Å²) in [5, 5.41) is 7.64. The Balaban J connectivity index is 2.24. The minimum atomic E-state index is -0.175. The second-order valence-corrected chi connectivity index (χ2v) is 5.26. The van der Waals surface area contributed by atoms with Crippen molar-refractivity contribution in [1.82, 2.24) is 5.32 Å². The maximum absolute atomic E-state index is 11.7. The largest absolute Gasteiger partial charge is 0.375 e. The topological polar surface area (TPSA) is 38.3 Å². The molecule has 1 N–H and O–H groups in total. The molecule has 2 aromatic rings. The smallest absolute Gasteiger partial charge is 0.246 e. The molecule has 1 atom stereocenters. The number of hydrogen-bond donors (Lipinski definition) is 1. The number of carbonyl (C=O) groups is 1. The fourth-order valence-electron chi connectivity index (χ4n) is 1.79. The minimum absolute atomic E-state index is 0.0498. The zero-order chi connectivity index (χ0) is 13.7. The van der Waals surface area contributed by atoms with Gasteiger partial charge in [-0.25, -0.2) is 0 Å². The van der Waals surface area contributed by atoms with Crippen LogP contribution in [0.15, 0.2) is 41.1 Å². The predicted octanol–water partition coefficient (Wildman–Crippen LogP) is 3.25. The molecule has 0 aliphatic heterocycles. The molecule has 1 aromatic carbocycles. The van der Waals surface area contributed by atoms with Crippen molar-refractivity contribution >= 4 is 28.8 Å². The monoisotopic (exact) mass is 295 g/mol. The lowest BCUT2D eigenvalue weighted by atomic mass is 10.0. The Morgan fingerprint density at radius 3 is 2.63 bits per heavy atom. The Hall–Kier alpha value is -1.36. The molecule has 0 unspecified atom stereocenters. The van der Waals surface area contributed by atoms with Crippen LogP contribution in [-0.2, 0) is 9.53 Å². The van der Waals surface area contributed by atoms with Crippen LogP contribution in [0.3, 0.4) is 0 Å². The third-order valence-corrected chi connectivity index (χ3v) is 3.61. The molecular formula is C14H14ClNO2S. The summed E-state index contributed by atoms with van der Waals surface area (Å²) in [5.74, 6) is -0.145. The molecule has 1 heterocycles. The van der Waals surface area contributed by atoms with Crippen LogP contribution < -0.4 is 5.32 Å². The van der Waals surface area contributed by atoms with Gasteiger partial charge in [0.05, 0.1) is 6.04 Å². The van der Waals surface area contributed by atoms with E-state index in [1.807, 2.05) is 41.1 Å². The number of methoxy groups -OCH3 is 1. The van der Waals surface area contributed by atoms with Crippen LogP contribution in [0.5, 0.6) is 0 Å². The molecule has 1 amide bonds. The van der Waals surface area contributed by atoms with Gasteiger partial charge in [0.1, 0.15) is 6.61 Å². The second-order valence-electron chi connectivity index (χ2n) is 4.04. The molecule has 0 bridgehead atoms. The first-order valence-corrected chi connectivity index (χ1v) is 7.08. The summed E-state index contributed by atoms with van der Waals surface area (Å²) < 4.78 is 4.85. The highest BCUT2D eigenvalue weighted by Crippen LogP contribution is 2.25. The Labute approximate surface area is 121 Å². The Morgan fingerprint density at radius 1 is 1.32 bits per heavy atom. The van der Waals surface area contributed by atoms with Gasteiger partial charge in [0.25, 0.3) is 0 Å². The number of ether oxygens (including phenoxy) is 1. The van der Waals surface area contributed by atoms with Crippen molar-refractivity contribution in [3.63, 3.8) is 0 Å². The van der Waals surface area contributed by atoms with E-state index in [1.54, 1.807) is 11.3 Å². The number of benzene rings is 1. The Morgan fingerprint density at radius 2 is 2.05 bits per heavy atom. The molecule has 2 rings (SSSR count). The molecule has 0 saturated carbocycles. The lowest BCUT2D eigenvalue weighted by Crippen LogP contribution is -2.31. The van der Waals surface area contributed by atoms with Gasteiger partial charge in [-0.15, -0.1) is 0 Å². The molecule has 1 aromatic heterocycles. The molecule has 0 aliphatic rings. The Kier molecular flexibility index (Phi) is 4.96. The summed E-state index contributed by atoms with van der Waals surface area (Å²) in [7, 11) is 1.50. The number of carbonyl (C=O) groups excluding carboxylic acids is 1. The van der Waals surface area contributed by atoms with Crippen molar-refractivity contribution in [2.24, 2.45) is 0 Å². The molecule has 0 fully saturated rings. The third kappa shape index (κ3) is 3.80. The van der Waals surface area contributed by atoms with Crippen LogP contribution in [0.4, 0.5) is 0 Å². The van der Waals surface area contributed by atoms with Gasteiger partial charge in [-0.2, -0.15) is 11.3 Å². The fraction of sp³-hybridized carbons (Fsp3) is 0.214. The summed E-state index contributed by atoms with van der Waals surface area (Å²) in [6, 6.07) is 9.29. The summed E-state index contributed by atoms with van der Waals surface area (Å²) in [6.07, 6.45) is 0. The molecule has 0 saturated heterocycles. The van der Waals surface area contributed by atoms with Gasteiger partial charge in [0, 0.05) is 12.1 Å². The average molecular weight is 296 g/mol. The number of amides is 1. The summed E-state index contributed by atoms with van der Waals surface area (Å²) >= 11 is 7.49. The third-order valence-electron chi connectivity index (χ3n) is 2.66. The summed E-state index contributed by atoms with van der Waals surface area (Å²) in [6.45, 7) is 0.0498. The van der Waals surface area contributed by atoms with Crippen LogP contribution in [0.25, 0.3) is 0 Å². The zero-order valence-corrected chi connectivity index (χ0v) is 12.0. The maximum atomic E-state index is 11.7. The number of hydrogen-bond acceptors (Lipinski definition) is 3. The number of halogens is 1. The normalized spacial score (nSPS) is 12.1. The average Bonchev–Trinajstić information content (AvgIpc) is 2.91. The standard InChI is InChI=1S/C14H14ClNO2S/c1-18-8-13(17)16-14(11-6-7-19-9-11)10-2-4-12(15)5-3-10/h2-7,9,14H,8H2,1H3,(H,16,17)/t14-/m1/s1. The predicted molar refractivity (Wildman–Crippen MR) is 77.6 cm³/mol. The van der Waals surface area contributed by atoms with Crippen molar-refractivity contribution in [2.75, 3.05) is 13.7 Å². The minimum Gasteiger partial charge on any atom is -0.375 e. The van der Waals surface area contributed by atoms with E-state index in [2.05, 4.69) is 5.32 Å². The molecule has 0 spiro atoms. The van der Waals surface area contributed by atoms with E-state index in [1.165, 1.54) is 7.11 Å². The van der Waals surface area contributed by atoms with E-state index in [0.29, 0.717) is 5.02 Å². The van der Waals surface area contributed by atoms with E-state index in [9.17, 15) is 4.79 Å². The highest BCUT2D eigenvalue weighted by atomic mass is 35.5. The fourth-order valence-corrected chi connectivity index (χ4v) is 2.60. The molecule has 19 heavy (non-hydrogen) atoms. The number of nitrogens with one attached hydrogen (secondary N) is 1. The molecule has 100 valence electrons. The van der Waals surface area contributed by atoms with Crippen molar-refractivity contribution in [2.45, 2.75) is 6.04 Å². The van der Waals surface area contributed by atoms with Crippen LogP contribution in [-0.4, -0.2) is 19.6 Å². The Bertz CT molecular complexity index is 525. The van der Waals surface area contributed by atoms with E-state index >= 15 is 0 Å². The maximum Gasteiger partial charge on any atom is 0.246 e. The first-order valence-electron chi connectivity index (χ1n) is 5.76. The van der Waals surface area contributed by atoms with Crippen molar-refractivity contribution in [3.05, 3.63) is 57.2 Å². The van der Waals surface area contributed by atoms with E-state index in [-0.39, 0.29) is 18.6 Å². The van der Waals surface area contributed by atoms with Crippen LogP contribution in [0, 0.1) is 0 Å². The van der Waals surface area contributed by atoms with E-state index in [0.717, 1.165) is 11.1 Å². The summed E-state index contributed by atoms with van der Waals surface area (Å²) in [5.41, 5.74) is 2.05. The van der Waals surface area contributed by atoms with Gasteiger partial charge in [-0.3, -0.25) is 4.79 Å². The van der Waals surface area contributed by atoms with E-state index < -0.39 is 0 Å². The van der Waals surface area contributed by atoms with E-state index in [4.69, 9.17) is 16.3 Å². The quantitative estimate of drug-likeness (QED) is 0.919. The molecule has 0 aliphatic carbocycles. The summed E-state index contributed by atoms with van der Waals surface area (Å²) in [4.78, 5) is 11.7. The first kappa shape index (κ1) is 14.1. The molecule has 5 heteroatoms. The molecular weight excluding hydrogens is 282 g/mol. The van der Waals surface area contributed by atoms with Gasteiger partial charge in [-0.1, -0.05) is 23.7 Å². The SMILES string of the molecule is COCC(=O)N[C@H](c1ccc(Cl)cc1)c1ccsc1. The van der Waals surface area contributed by atoms with Crippen molar-refractivity contribution in [1.29, 1.82) is 0 Å². The lowest BCUT2D eigenvalue weighted by molar-refractivity contribution is -0.125. The van der Waals surface area contributed by atoms with Crippen LogP contribution in [0.1, 0.15) is 17.2 Å². The molecule has 3 nitrogen and oxygen atoms in total. The highest BCUT2D eigenvalue weighted by molar-refractivity contribution is 7.08. The van der Waals surface area contributed by atoms with Gasteiger partial charge >= 0.3 is 0 Å². The molecule has 0 radical (unpaired) electrons.